The van der Waals surface area contributed by atoms with Gasteiger partial charge >= 0.3 is 0 Å². The van der Waals surface area contributed by atoms with Crippen LogP contribution in [0.5, 0.6) is 0 Å². The molecule has 8 nitrogen and oxygen atoms in total. The van der Waals surface area contributed by atoms with Crippen LogP contribution in [0.25, 0.3) is 27.3 Å². The van der Waals surface area contributed by atoms with E-state index in [0.29, 0.717) is 13.0 Å². The van der Waals surface area contributed by atoms with Gasteiger partial charge in [-0.25, -0.2) is 4.98 Å². The fraction of sp³-hybridized carbons (Fsp3) is 0.304. The molecule has 33 heavy (non-hydrogen) atoms. The number of aromatic nitrogens is 6. The van der Waals surface area contributed by atoms with Crippen LogP contribution in [0.3, 0.4) is 0 Å². The number of nitrogens with two attached hydrogens (primary N) is 1. The van der Waals surface area contributed by atoms with E-state index in [1.54, 1.807) is 17.7 Å². The Bertz CT molecular complexity index is 1270. The molecule has 1 aromatic carbocycles. The Hall–Kier alpha value is -2.85. The van der Waals surface area contributed by atoms with Gasteiger partial charge in [-0.15, -0.1) is 21.5 Å². The number of halogens is 1. The Morgan fingerprint density at radius 2 is 2.12 bits per heavy atom. The van der Waals surface area contributed by atoms with Crippen LogP contribution < -0.4 is 11.1 Å². The molecule has 3 aromatic heterocycles. The van der Waals surface area contributed by atoms with Gasteiger partial charge in [0.15, 0.2) is 5.82 Å². The van der Waals surface area contributed by atoms with Gasteiger partial charge in [-0.2, -0.15) is 5.10 Å². The molecular weight excluding hydrogens is 456 g/mol. The lowest BCUT2D eigenvalue weighted by atomic mass is 10.0. The molecule has 5 rings (SSSR count). The molecule has 10 heteroatoms. The lowest BCUT2D eigenvalue weighted by molar-refractivity contribution is 0.578. The number of nitrogens with one attached hydrogen (secondary N) is 2. The molecule has 0 fully saturated rings. The molecule has 1 aliphatic heterocycles. The van der Waals surface area contributed by atoms with Crippen molar-refractivity contribution in [2.24, 2.45) is 5.73 Å². The first-order chi connectivity index (χ1) is 16.1. The molecule has 0 spiro atoms. The molecule has 0 amide bonds. The molecule has 0 saturated carbocycles. The molecule has 0 radical (unpaired) electrons. The number of fused-ring (bicyclic) bond motifs is 1. The van der Waals surface area contributed by atoms with Crippen molar-refractivity contribution < 1.29 is 0 Å². The van der Waals surface area contributed by atoms with Crippen molar-refractivity contribution in [3.05, 3.63) is 63.8 Å². The predicted octanol–water partition coefficient (Wildman–Crippen LogP) is 3.68. The zero-order chi connectivity index (χ0) is 22.8. The highest BCUT2D eigenvalue weighted by atomic mass is 35.5. The van der Waals surface area contributed by atoms with Crippen molar-refractivity contribution in [1.82, 2.24) is 35.3 Å². The van der Waals surface area contributed by atoms with Gasteiger partial charge in [-0.1, -0.05) is 29.3 Å². The average Bonchev–Trinajstić information content (AvgIpc) is 3.53. The van der Waals surface area contributed by atoms with Crippen LogP contribution in [0.15, 0.2) is 36.2 Å². The van der Waals surface area contributed by atoms with Gasteiger partial charge in [0.05, 0.1) is 27.5 Å². The van der Waals surface area contributed by atoms with Gasteiger partial charge in [0.25, 0.3) is 0 Å². The first kappa shape index (κ1) is 22.0. The van der Waals surface area contributed by atoms with Gasteiger partial charge in [0.1, 0.15) is 11.3 Å². The van der Waals surface area contributed by atoms with Crippen molar-refractivity contribution in [3.8, 4) is 21.3 Å². The number of hydrogen-bond acceptors (Lipinski definition) is 7. The Morgan fingerprint density at radius 1 is 1.27 bits per heavy atom. The summed E-state index contributed by atoms with van der Waals surface area (Å²) in [5.41, 5.74) is 12.2. The number of rotatable bonds is 8. The summed E-state index contributed by atoms with van der Waals surface area (Å²) >= 11 is 7.69. The van der Waals surface area contributed by atoms with E-state index in [1.807, 2.05) is 24.3 Å². The molecule has 4 N–H and O–H groups in total. The standard InChI is InChI=1S/C23H25ClN8S/c1-14-20(19-11-16(12-26-8-7-25)6-9-32(19)31-14)23-29-18(10-15-2-4-17(24)5-3-15)21(33-23)22-27-13-28-30-22/h2-5,11,13,26H,6-10,12,25H2,1H3,(H,27,28,30). The second-order valence-corrected chi connectivity index (χ2v) is 9.46. The summed E-state index contributed by atoms with van der Waals surface area (Å²) in [4.78, 5) is 9.20. The fourth-order valence-electron chi connectivity index (χ4n) is 4.06. The van der Waals surface area contributed by atoms with Crippen LogP contribution in [0.1, 0.15) is 29.1 Å². The molecule has 4 heterocycles. The maximum Gasteiger partial charge on any atom is 0.173 e. The van der Waals surface area contributed by atoms with E-state index < -0.39 is 0 Å². The predicted molar refractivity (Wildman–Crippen MR) is 132 cm³/mol. The third-order valence-corrected chi connectivity index (χ3v) is 7.03. The quantitative estimate of drug-likeness (QED) is 0.332. The van der Waals surface area contributed by atoms with E-state index in [4.69, 9.17) is 27.4 Å². The molecule has 0 bridgehead atoms. The maximum absolute atomic E-state index is 6.07. The number of aryl methyl sites for hydroxylation is 2. The van der Waals surface area contributed by atoms with Gasteiger partial charge in [-0.05, 0) is 37.1 Å². The first-order valence-electron chi connectivity index (χ1n) is 10.9. The molecule has 170 valence electrons. The van der Waals surface area contributed by atoms with Crippen LogP contribution in [0.2, 0.25) is 5.02 Å². The Labute approximate surface area is 200 Å². The summed E-state index contributed by atoms with van der Waals surface area (Å²) in [7, 11) is 0. The van der Waals surface area contributed by atoms with Crippen molar-refractivity contribution in [2.75, 3.05) is 19.6 Å². The zero-order valence-corrected chi connectivity index (χ0v) is 19.9. The van der Waals surface area contributed by atoms with Gasteiger partial charge in [0.2, 0.25) is 0 Å². The molecule has 0 saturated heterocycles. The number of nitrogens with zero attached hydrogens (tertiary/aromatic N) is 5. The average molecular weight is 481 g/mol. The summed E-state index contributed by atoms with van der Waals surface area (Å²) in [6, 6.07) is 7.87. The fourth-order valence-corrected chi connectivity index (χ4v) is 5.32. The van der Waals surface area contributed by atoms with E-state index in [2.05, 4.69) is 38.2 Å². The SMILES string of the molecule is Cc1nn2c(c1-c1nc(Cc3ccc(Cl)cc3)c(-c3nnc[nH]3)s1)C=C(CNCCN)CC2. The van der Waals surface area contributed by atoms with Crippen LogP contribution in [0, 0.1) is 6.92 Å². The normalized spacial score (nSPS) is 13.2. The summed E-state index contributed by atoms with van der Waals surface area (Å²) < 4.78 is 2.09. The summed E-state index contributed by atoms with van der Waals surface area (Å²) in [6.07, 6.45) is 5.50. The monoisotopic (exact) mass is 480 g/mol. The molecule has 0 unspecified atom stereocenters. The minimum Gasteiger partial charge on any atom is -0.329 e. The van der Waals surface area contributed by atoms with Gasteiger partial charge < -0.3 is 16.0 Å². The van der Waals surface area contributed by atoms with E-state index >= 15 is 0 Å². The number of H-pyrrole nitrogens is 1. The molecule has 0 atom stereocenters. The second-order valence-electron chi connectivity index (χ2n) is 8.02. The summed E-state index contributed by atoms with van der Waals surface area (Å²) in [5.74, 6) is 0.726. The van der Waals surface area contributed by atoms with Crippen molar-refractivity contribution in [3.63, 3.8) is 0 Å². The first-order valence-corrected chi connectivity index (χ1v) is 12.1. The molecule has 0 aliphatic carbocycles. The highest BCUT2D eigenvalue weighted by Gasteiger charge is 2.24. The topological polar surface area (TPSA) is 110 Å². The summed E-state index contributed by atoms with van der Waals surface area (Å²) in [5, 5.41) is 18.1. The summed E-state index contributed by atoms with van der Waals surface area (Å²) in [6.45, 7) is 5.20. The van der Waals surface area contributed by atoms with Crippen LogP contribution in [0.4, 0.5) is 0 Å². The van der Waals surface area contributed by atoms with Gasteiger partial charge in [0, 0.05) is 37.6 Å². The van der Waals surface area contributed by atoms with Crippen molar-refractivity contribution in [2.45, 2.75) is 26.3 Å². The van der Waals surface area contributed by atoms with E-state index in [1.165, 1.54) is 5.57 Å². The maximum atomic E-state index is 6.07. The third-order valence-electron chi connectivity index (χ3n) is 5.65. The molecular formula is C23H25ClN8S. The van der Waals surface area contributed by atoms with E-state index in [9.17, 15) is 0 Å². The van der Waals surface area contributed by atoms with E-state index in [-0.39, 0.29) is 0 Å². The third kappa shape index (κ3) is 4.63. The van der Waals surface area contributed by atoms with Crippen molar-refractivity contribution >= 4 is 29.0 Å². The highest BCUT2D eigenvalue weighted by Crippen LogP contribution is 2.39. The Morgan fingerprint density at radius 3 is 2.88 bits per heavy atom. The number of benzene rings is 1. The molecule has 1 aliphatic rings. The minimum absolute atomic E-state index is 0.634. The van der Waals surface area contributed by atoms with Crippen molar-refractivity contribution in [1.29, 1.82) is 0 Å². The Kier molecular flexibility index (Phi) is 6.37. The zero-order valence-electron chi connectivity index (χ0n) is 18.3. The van der Waals surface area contributed by atoms with E-state index in [0.717, 1.165) is 75.0 Å². The smallest absolute Gasteiger partial charge is 0.173 e. The lowest BCUT2D eigenvalue weighted by Crippen LogP contribution is -2.25. The van der Waals surface area contributed by atoms with Crippen LogP contribution in [-0.4, -0.2) is 49.6 Å². The van der Waals surface area contributed by atoms with Gasteiger partial charge in [-0.3, -0.25) is 4.68 Å². The number of hydrogen-bond donors (Lipinski definition) is 3. The van der Waals surface area contributed by atoms with Crippen LogP contribution >= 0.6 is 22.9 Å². The number of aromatic amines is 1. The largest absolute Gasteiger partial charge is 0.329 e. The number of thiazole rings is 1. The highest BCUT2D eigenvalue weighted by molar-refractivity contribution is 7.18. The lowest BCUT2D eigenvalue weighted by Gasteiger charge is -2.16. The minimum atomic E-state index is 0.634. The second kappa shape index (κ2) is 9.56. The molecule has 4 aromatic rings. The van der Waals surface area contributed by atoms with Crippen LogP contribution in [-0.2, 0) is 13.0 Å². The Balaban J connectivity index is 1.54.